The van der Waals surface area contributed by atoms with Gasteiger partial charge in [0.05, 0.1) is 6.20 Å². The molecule has 0 bridgehead atoms. The molecule has 2 saturated heterocycles. The zero-order chi connectivity index (χ0) is 12.5. The molecule has 2 aliphatic heterocycles. The van der Waals surface area contributed by atoms with Gasteiger partial charge in [-0.15, -0.1) is 0 Å². The quantitative estimate of drug-likeness (QED) is 0.859. The van der Waals surface area contributed by atoms with Crippen LogP contribution in [0.3, 0.4) is 0 Å². The van der Waals surface area contributed by atoms with E-state index in [1.54, 1.807) is 0 Å². The van der Waals surface area contributed by atoms with Crippen LogP contribution in [-0.4, -0.2) is 46.9 Å². The lowest BCUT2D eigenvalue weighted by molar-refractivity contribution is 0.221. The summed E-state index contributed by atoms with van der Waals surface area (Å²) in [5.74, 6) is 1.78. The summed E-state index contributed by atoms with van der Waals surface area (Å²) >= 11 is 0. The first-order valence-corrected chi connectivity index (χ1v) is 7.20. The van der Waals surface area contributed by atoms with E-state index < -0.39 is 0 Å². The molecule has 4 heteroatoms. The van der Waals surface area contributed by atoms with Gasteiger partial charge in [0, 0.05) is 32.4 Å². The summed E-state index contributed by atoms with van der Waals surface area (Å²) in [7, 11) is 1.99. The maximum Gasteiger partial charge on any atom is 0.0522 e. The molecule has 1 aromatic heterocycles. The van der Waals surface area contributed by atoms with Crippen molar-refractivity contribution in [2.45, 2.75) is 25.8 Å². The number of rotatable bonds is 4. The van der Waals surface area contributed by atoms with Gasteiger partial charge in [-0.1, -0.05) is 6.92 Å². The first-order chi connectivity index (χ1) is 8.78. The molecular weight excluding hydrogens is 224 g/mol. The van der Waals surface area contributed by atoms with Crippen LogP contribution in [0.4, 0.5) is 0 Å². The molecule has 0 aromatic carbocycles. The number of aryl methyl sites for hydroxylation is 1. The van der Waals surface area contributed by atoms with Gasteiger partial charge in [-0.05, 0) is 43.3 Å². The van der Waals surface area contributed by atoms with Gasteiger partial charge < -0.3 is 5.32 Å². The highest BCUT2D eigenvalue weighted by atomic mass is 15.2. The second-order valence-electron chi connectivity index (χ2n) is 5.82. The SMILES string of the molecule is CCC1C2CNCC2CN1CCc1cnn(C)c1. The van der Waals surface area contributed by atoms with E-state index in [4.69, 9.17) is 0 Å². The highest BCUT2D eigenvalue weighted by Gasteiger charge is 2.42. The van der Waals surface area contributed by atoms with Crippen LogP contribution in [0, 0.1) is 11.8 Å². The Labute approximate surface area is 109 Å². The Morgan fingerprint density at radius 3 is 3.06 bits per heavy atom. The van der Waals surface area contributed by atoms with E-state index in [1.165, 1.54) is 38.2 Å². The average Bonchev–Trinajstić information content (AvgIpc) is 3.01. The summed E-state index contributed by atoms with van der Waals surface area (Å²) in [5.41, 5.74) is 1.36. The Kier molecular flexibility index (Phi) is 3.39. The largest absolute Gasteiger partial charge is 0.316 e. The van der Waals surface area contributed by atoms with Crippen molar-refractivity contribution in [1.82, 2.24) is 20.0 Å². The molecule has 3 atom stereocenters. The minimum Gasteiger partial charge on any atom is -0.316 e. The smallest absolute Gasteiger partial charge is 0.0522 e. The van der Waals surface area contributed by atoms with Crippen molar-refractivity contribution in [2.75, 3.05) is 26.2 Å². The number of nitrogens with zero attached hydrogens (tertiary/aromatic N) is 3. The van der Waals surface area contributed by atoms with Gasteiger partial charge in [0.15, 0.2) is 0 Å². The van der Waals surface area contributed by atoms with E-state index in [9.17, 15) is 0 Å². The number of hydrogen-bond acceptors (Lipinski definition) is 3. The Bertz CT molecular complexity index is 400. The van der Waals surface area contributed by atoms with Gasteiger partial charge in [0.25, 0.3) is 0 Å². The normalized spacial score (nSPS) is 32.0. The Hall–Kier alpha value is -0.870. The molecule has 1 aromatic rings. The number of fused-ring (bicyclic) bond motifs is 1. The van der Waals surface area contributed by atoms with Crippen LogP contribution in [0.1, 0.15) is 18.9 Å². The Balaban J connectivity index is 1.59. The van der Waals surface area contributed by atoms with Crippen LogP contribution in [0.2, 0.25) is 0 Å². The minimum atomic E-state index is 0.793. The summed E-state index contributed by atoms with van der Waals surface area (Å²) in [6.45, 7) is 7.27. The summed E-state index contributed by atoms with van der Waals surface area (Å²) in [5, 5.41) is 7.79. The molecular formula is C14H24N4. The molecule has 0 amide bonds. The maximum absolute atomic E-state index is 4.25. The van der Waals surface area contributed by atoms with Crippen molar-refractivity contribution in [2.24, 2.45) is 18.9 Å². The van der Waals surface area contributed by atoms with Gasteiger partial charge in [-0.3, -0.25) is 9.58 Å². The second kappa shape index (κ2) is 5.02. The predicted octanol–water partition coefficient (Wildman–Crippen LogP) is 0.892. The zero-order valence-corrected chi connectivity index (χ0v) is 11.5. The summed E-state index contributed by atoms with van der Waals surface area (Å²) in [6, 6.07) is 0.793. The molecule has 3 unspecified atom stereocenters. The average molecular weight is 248 g/mol. The lowest BCUT2D eigenvalue weighted by atomic mass is 9.93. The third-order valence-corrected chi connectivity index (χ3v) is 4.69. The van der Waals surface area contributed by atoms with E-state index in [0.717, 1.165) is 24.3 Å². The van der Waals surface area contributed by atoms with E-state index in [-0.39, 0.29) is 0 Å². The molecule has 0 saturated carbocycles. The van der Waals surface area contributed by atoms with Gasteiger partial charge in [0.2, 0.25) is 0 Å². The topological polar surface area (TPSA) is 33.1 Å². The molecule has 100 valence electrons. The molecule has 2 fully saturated rings. The maximum atomic E-state index is 4.25. The van der Waals surface area contributed by atoms with Gasteiger partial charge >= 0.3 is 0 Å². The van der Waals surface area contributed by atoms with Crippen molar-refractivity contribution in [3.63, 3.8) is 0 Å². The van der Waals surface area contributed by atoms with Crippen LogP contribution in [0.5, 0.6) is 0 Å². The fourth-order valence-electron chi connectivity index (χ4n) is 3.80. The van der Waals surface area contributed by atoms with Gasteiger partial charge in [-0.2, -0.15) is 5.10 Å². The van der Waals surface area contributed by atoms with Crippen LogP contribution in [0.15, 0.2) is 12.4 Å². The predicted molar refractivity (Wildman–Crippen MR) is 72.4 cm³/mol. The van der Waals surface area contributed by atoms with Crippen LogP contribution < -0.4 is 5.32 Å². The monoisotopic (exact) mass is 248 g/mol. The Morgan fingerprint density at radius 2 is 2.33 bits per heavy atom. The molecule has 3 heterocycles. The third kappa shape index (κ3) is 2.19. The van der Waals surface area contributed by atoms with Crippen LogP contribution in [0.25, 0.3) is 0 Å². The van der Waals surface area contributed by atoms with Crippen molar-refractivity contribution in [3.05, 3.63) is 18.0 Å². The zero-order valence-electron chi connectivity index (χ0n) is 11.5. The van der Waals surface area contributed by atoms with Gasteiger partial charge in [-0.25, -0.2) is 0 Å². The van der Waals surface area contributed by atoms with Crippen molar-refractivity contribution in [1.29, 1.82) is 0 Å². The van der Waals surface area contributed by atoms with Gasteiger partial charge in [0.1, 0.15) is 0 Å². The standard InChI is InChI=1S/C14H24N4/c1-3-14-13-8-15-7-12(13)10-18(14)5-4-11-6-16-17(2)9-11/h6,9,12-15H,3-5,7-8,10H2,1-2H3. The first-order valence-electron chi connectivity index (χ1n) is 7.20. The highest BCUT2D eigenvalue weighted by Crippen LogP contribution is 2.34. The molecule has 18 heavy (non-hydrogen) atoms. The molecule has 0 aliphatic carbocycles. The summed E-state index contributed by atoms with van der Waals surface area (Å²) in [4.78, 5) is 2.71. The van der Waals surface area contributed by atoms with Crippen molar-refractivity contribution >= 4 is 0 Å². The summed E-state index contributed by atoms with van der Waals surface area (Å²) < 4.78 is 1.90. The van der Waals surface area contributed by atoms with E-state index >= 15 is 0 Å². The minimum absolute atomic E-state index is 0.793. The lowest BCUT2D eigenvalue weighted by Crippen LogP contribution is -2.36. The number of aromatic nitrogens is 2. The lowest BCUT2D eigenvalue weighted by Gasteiger charge is -2.26. The third-order valence-electron chi connectivity index (χ3n) is 4.69. The molecule has 0 spiro atoms. The molecule has 0 radical (unpaired) electrons. The fraction of sp³-hybridized carbons (Fsp3) is 0.786. The molecule has 2 aliphatic rings. The number of likely N-dealkylation sites (tertiary alicyclic amines) is 1. The summed E-state index contributed by atoms with van der Waals surface area (Å²) in [6.07, 6.45) is 6.56. The fourth-order valence-corrected chi connectivity index (χ4v) is 3.80. The molecule has 1 N–H and O–H groups in total. The molecule has 4 nitrogen and oxygen atoms in total. The van der Waals surface area contributed by atoms with Crippen molar-refractivity contribution < 1.29 is 0 Å². The molecule has 3 rings (SSSR count). The number of nitrogens with one attached hydrogen (secondary N) is 1. The Morgan fingerprint density at radius 1 is 1.44 bits per heavy atom. The highest BCUT2D eigenvalue weighted by molar-refractivity contribution is 5.05. The van der Waals surface area contributed by atoms with E-state index in [2.05, 4.69) is 28.4 Å². The van der Waals surface area contributed by atoms with E-state index in [1.807, 2.05) is 17.9 Å². The van der Waals surface area contributed by atoms with Crippen molar-refractivity contribution in [3.8, 4) is 0 Å². The number of hydrogen-bond donors (Lipinski definition) is 1. The second-order valence-corrected chi connectivity index (χ2v) is 5.82. The first kappa shape index (κ1) is 12.2. The van der Waals surface area contributed by atoms with E-state index in [0.29, 0.717) is 0 Å². The van der Waals surface area contributed by atoms with Crippen LogP contribution >= 0.6 is 0 Å². The van der Waals surface area contributed by atoms with Crippen LogP contribution in [-0.2, 0) is 13.5 Å².